The minimum absolute atomic E-state index is 0.109. The summed E-state index contributed by atoms with van der Waals surface area (Å²) in [5.74, 6) is -1.46. The van der Waals surface area contributed by atoms with Crippen LogP contribution < -0.4 is 10.6 Å². The first kappa shape index (κ1) is 14.0. The second-order valence-corrected chi connectivity index (χ2v) is 4.38. The minimum Gasteiger partial charge on any atom is -0.385 e. The maximum atomic E-state index is 13.6. The summed E-state index contributed by atoms with van der Waals surface area (Å²) in [6, 6.07) is 8.41. The molecule has 104 valence electrons. The predicted molar refractivity (Wildman–Crippen MR) is 75.0 cm³/mol. The zero-order chi connectivity index (χ0) is 14.7. The fourth-order valence-electron chi connectivity index (χ4n) is 1.97. The highest BCUT2D eigenvalue weighted by atomic mass is 19.1. The molecule has 0 aliphatic carbocycles. The molecule has 0 unspecified atom stereocenters. The predicted octanol–water partition coefficient (Wildman–Crippen LogP) is 3.57. The lowest BCUT2D eigenvalue weighted by Crippen LogP contribution is -2.15. The number of carbonyl (C=O) groups excluding carboxylic acids is 1. The summed E-state index contributed by atoms with van der Waals surface area (Å²) < 4.78 is 26.8. The van der Waals surface area contributed by atoms with Crippen LogP contribution in [0.5, 0.6) is 0 Å². The molecule has 2 rings (SSSR count). The minimum atomic E-state index is -0.518. The Kier molecular flexibility index (Phi) is 3.98. The molecule has 0 heterocycles. The molecule has 20 heavy (non-hydrogen) atoms. The van der Waals surface area contributed by atoms with Gasteiger partial charge in [0.2, 0.25) is 0 Å². The number of benzene rings is 2. The summed E-state index contributed by atoms with van der Waals surface area (Å²) in [5, 5.41) is 5.20. The second-order valence-electron chi connectivity index (χ2n) is 4.38. The van der Waals surface area contributed by atoms with E-state index in [-0.39, 0.29) is 11.3 Å². The van der Waals surface area contributed by atoms with E-state index in [1.165, 1.54) is 37.4 Å². The highest BCUT2D eigenvalue weighted by Crippen LogP contribution is 2.21. The van der Waals surface area contributed by atoms with Gasteiger partial charge >= 0.3 is 0 Å². The number of amides is 1. The third-order valence-electron chi connectivity index (χ3n) is 2.81. The van der Waals surface area contributed by atoms with Gasteiger partial charge in [-0.1, -0.05) is 6.07 Å². The molecular weight excluding hydrogens is 262 g/mol. The van der Waals surface area contributed by atoms with Gasteiger partial charge in [0.15, 0.2) is 0 Å². The molecule has 0 aliphatic heterocycles. The Morgan fingerprint density at radius 1 is 1.15 bits per heavy atom. The van der Waals surface area contributed by atoms with Crippen molar-refractivity contribution in [2.24, 2.45) is 0 Å². The van der Waals surface area contributed by atoms with Crippen LogP contribution in [-0.4, -0.2) is 13.0 Å². The maximum absolute atomic E-state index is 13.6. The Morgan fingerprint density at radius 2 is 1.90 bits per heavy atom. The molecule has 2 aromatic rings. The van der Waals surface area contributed by atoms with Gasteiger partial charge in [0.1, 0.15) is 11.6 Å². The van der Waals surface area contributed by atoms with Crippen LogP contribution in [0.3, 0.4) is 0 Å². The summed E-state index contributed by atoms with van der Waals surface area (Å²) in [6.07, 6.45) is 0. The van der Waals surface area contributed by atoms with Gasteiger partial charge in [0.25, 0.3) is 5.91 Å². The quantitative estimate of drug-likeness (QED) is 0.899. The van der Waals surface area contributed by atoms with Crippen LogP contribution >= 0.6 is 0 Å². The van der Waals surface area contributed by atoms with E-state index in [2.05, 4.69) is 10.6 Å². The molecule has 3 nitrogen and oxygen atoms in total. The van der Waals surface area contributed by atoms with Gasteiger partial charge < -0.3 is 10.6 Å². The molecule has 0 aliphatic rings. The van der Waals surface area contributed by atoms with Crippen molar-refractivity contribution in [1.82, 2.24) is 0 Å². The fraction of sp³-hybridized carbons (Fsp3) is 0.133. The van der Waals surface area contributed by atoms with E-state index in [1.54, 1.807) is 13.0 Å². The first-order valence-electron chi connectivity index (χ1n) is 6.06. The Hall–Kier alpha value is -2.43. The molecule has 0 radical (unpaired) electrons. The highest BCUT2D eigenvalue weighted by Gasteiger charge is 2.14. The van der Waals surface area contributed by atoms with E-state index < -0.39 is 17.5 Å². The van der Waals surface area contributed by atoms with Crippen molar-refractivity contribution in [3.05, 3.63) is 59.2 Å². The van der Waals surface area contributed by atoms with Crippen LogP contribution in [0, 0.1) is 18.6 Å². The summed E-state index contributed by atoms with van der Waals surface area (Å²) in [5.41, 5.74) is 1.29. The molecule has 0 fully saturated rings. The molecule has 0 bridgehead atoms. The van der Waals surface area contributed by atoms with Crippen molar-refractivity contribution < 1.29 is 13.6 Å². The molecule has 0 saturated heterocycles. The highest BCUT2D eigenvalue weighted by molar-refractivity contribution is 6.08. The first-order valence-corrected chi connectivity index (χ1v) is 6.06. The van der Waals surface area contributed by atoms with E-state index in [0.717, 1.165) is 0 Å². The Morgan fingerprint density at radius 3 is 2.55 bits per heavy atom. The summed E-state index contributed by atoms with van der Waals surface area (Å²) in [4.78, 5) is 12.1. The number of nitrogens with one attached hydrogen (secondary N) is 2. The number of para-hydroxylation sites is 1. The summed E-state index contributed by atoms with van der Waals surface area (Å²) in [6.45, 7) is 1.72. The monoisotopic (exact) mass is 276 g/mol. The van der Waals surface area contributed by atoms with Crippen LogP contribution in [-0.2, 0) is 0 Å². The van der Waals surface area contributed by atoms with Crippen molar-refractivity contribution in [2.45, 2.75) is 6.92 Å². The average Bonchev–Trinajstić information content (AvgIpc) is 2.37. The number of hydrogen-bond acceptors (Lipinski definition) is 2. The van der Waals surface area contributed by atoms with Crippen molar-refractivity contribution >= 4 is 17.3 Å². The van der Waals surface area contributed by atoms with Crippen LogP contribution in [0.25, 0.3) is 0 Å². The lowest BCUT2D eigenvalue weighted by molar-refractivity contribution is 0.102. The van der Waals surface area contributed by atoms with Crippen LogP contribution in [0.2, 0.25) is 0 Å². The van der Waals surface area contributed by atoms with Crippen LogP contribution in [0.4, 0.5) is 20.2 Å². The van der Waals surface area contributed by atoms with Crippen LogP contribution in [0.15, 0.2) is 36.4 Å². The normalized spacial score (nSPS) is 10.2. The van der Waals surface area contributed by atoms with Gasteiger partial charge in [-0.15, -0.1) is 0 Å². The number of aryl methyl sites for hydroxylation is 1. The zero-order valence-electron chi connectivity index (χ0n) is 11.1. The van der Waals surface area contributed by atoms with Crippen molar-refractivity contribution in [1.29, 1.82) is 0 Å². The van der Waals surface area contributed by atoms with E-state index >= 15 is 0 Å². The van der Waals surface area contributed by atoms with Gasteiger partial charge in [-0.2, -0.15) is 0 Å². The topological polar surface area (TPSA) is 41.1 Å². The third kappa shape index (κ3) is 2.93. The number of hydrogen-bond donors (Lipinski definition) is 2. The Balaban J connectivity index is 2.31. The number of rotatable bonds is 3. The average molecular weight is 276 g/mol. The molecule has 1 amide bonds. The number of carbonyl (C=O) groups is 1. The van der Waals surface area contributed by atoms with E-state index in [9.17, 15) is 13.6 Å². The van der Waals surface area contributed by atoms with Gasteiger partial charge in [0.05, 0.1) is 11.3 Å². The molecule has 0 saturated carbocycles. The summed E-state index contributed by atoms with van der Waals surface area (Å²) in [7, 11) is 1.53. The first-order chi connectivity index (χ1) is 9.51. The van der Waals surface area contributed by atoms with E-state index in [4.69, 9.17) is 0 Å². The van der Waals surface area contributed by atoms with Gasteiger partial charge in [-0.25, -0.2) is 8.78 Å². The SMILES string of the molecule is CNc1c(F)cccc1C(=O)Nc1cc(C)cc(F)c1. The molecule has 0 aromatic heterocycles. The molecule has 2 N–H and O–H groups in total. The maximum Gasteiger partial charge on any atom is 0.257 e. The van der Waals surface area contributed by atoms with E-state index in [1.807, 2.05) is 0 Å². The van der Waals surface area contributed by atoms with Crippen molar-refractivity contribution in [3.63, 3.8) is 0 Å². The zero-order valence-corrected chi connectivity index (χ0v) is 11.1. The standard InChI is InChI=1S/C15H14F2N2O/c1-9-6-10(16)8-11(7-9)19-15(20)12-4-3-5-13(17)14(12)18-2/h3-8,18H,1-2H3,(H,19,20). The molecule has 0 spiro atoms. The lowest BCUT2D eigenvalue weighted by Gasteiger charge is -2.11. The van der Waals surface area contributed by atoms with E-state index in [0.29, 0.717) is 11.3 Å². The second kappa shape index (κ2) is 5.69. The molecule has 5 heteroatoms. The fourth-order valence-corrected chi connectivity index (χ4v) is 1.97. The largest absolute Gasteiger partial charge is 0.385 e. The number of anilines is 2. The van der Waals surface area contributed by atoms with Crippen LogP contribution in [0.1, 0.15) is 15.9 Å². The smallest absolute Gasteiger partial charge is 0.257 e. The molecular formula is C15H14F2N2O. The molecule has 0 atom stereocenters. The number of halogens is 2. The van der Waals surface area contributed by atoms with Gasteiger partial charge in [-0.05, 0) is 42.8 Å². The Labute approximate surface area is 115 Å². The lowest BCUT2D eigenvalue weighted by atomic mass is 10.1. The summed E-state index contributed by atoms with van der Waals surface area (Å²) >= 11 is 0. The van der Waals surface area contributed by atoms with Gasteiger partial charge in [0, 0.05) is 12.7 Å². The van der Waals surface area contributed by atoms with Gasteiger partial charge in [-0.3, -0.25) is 4.79 Å². The van der Waals surface area contributed by atoms with Crippen molar-refractivity contribution in [2.75, 3.05) is 17.7 Å². The third-order valence-corrected chi connectivity index (χ3v) is 2.81. The Bertz CT molecular complexity index is 636. The molecule has 2 aromatic carbocycles. The van der Waals surface area contributed by atoms with Crippen molar-refractivity contribution in [3.8, 4) is 0 Å².